The minimum atomic E-state index is -1.36. The highest BCUT2D eigenvalue weighted by molar-refractivity contribution is 6.09. The number of carbonyl (C=O) groups is 2. The van der Waals surface area contributed by atoms with Gasteiger partial charge in [0.2, 0.25) is 11.7 Å². The molecule has 1 fully saturated rings. The Labute approximate surface area is 182 Å². The van der Waals surface area contributed by atoms with E-state index in [1.165, 1.54) is 24.3 Å². The Morgan fingerprint density at radius 2 is 1.47 bits per heavy atom. The van der Waals surface area contributed by atoms with E-state index in [2.05, 4.69) is 15.5 Å². The average Bonchev–Trinajstić information content (AvgIpc) is 3.40. The number of amides is 3. The zero-order valence-corrected chi connectivity index (χ0v) is 16.7. The van der Waals surface area contributed by atoms with Gasteiger partial charge in [-0.05, 0) is 35.4 Å². The van der Waals surface area contributed by atoms with Gasteiger partial charge in [0.25, 0.3) is 5.91 Å². The zero-order valence-electron chi connectivity index (χ0n) is 16.7. The van der Waals surface area contributed by atoms with Crippen molar-refractivity contribution in [1.29, 1.82) is 0 Å². The van der Waals surface area contributed by atoms with Crippen LogP contribution in [0.2, 0.25) is 0 Å². The summed E-state index contributed by atoms with van der Waals surface area (Å²) in [5, 5.41) is 6.75. The van der Waals surface area contributed by atoms with E-state index in [0.717, 1.165) is 4.90 Å². The van der Waals surface area contributed by atoms with E-state index in [1.54, 1.807) is 24.3 Å². The first-order chi connectivity index (χ1) is 15.6. The lowest BCUT2D eigenvalue weighted by Crippen LogP contribution is -2.45. The third-order valence-electron chi connectivity index (χ3n) is 5.38. The Kier molecular flexibility index (Phi) is 4.74. The number of halogens is 1. The molecule has 1 aromatic heterocycles. The molecule has 0 atom stereocenters. The van der Waals surface area contributed by atoms with Gasteiger partial charge in [-0.1, -0.05) is 65.8 Å². The van der Waals surface area contributed by atoms with Crippen LogP contribution in [0.3, 0.4) is 0 Å². The molecule has 1 aliphatic heterocycles. The minimum Gasteiger partial charge on any atom is -0.337 e. The second-order valence-electron chi connectivity index (χ2n) is 7.32. The first-order valence-corrected chi connectivity index (χ1v) is 9.91. The summed E-state index contributed by atoms with van der Waals surface area (Å²) in [6.45, 7) is -0.194. The average molecular weight is 428 g/mol. The molecule has 1 aliphatic rings. The summed E-state index contributed by atoms with van der Waals surface area (Å²) >= 11 is 0. The molecule has 0 saturated carbocycles. The zero-order chi connectivity index (χ0) is 22.1. The summed E-state index contributed by atoms with van der Waals surface area (Å²) in [5.41, 5.74) is 0.482. The molecule has 0 bridgehead atoms. The first kappa shape index (κ1) is 19.6. The van der Waals surface area contributed by atoms with Crippen LogP contribution < -0.4 is 5.32 Å². The second-order valence-corrected chi connectivity index (χ2v) is 7.32. The second kappa shape index (κ2) is 7.73. The van der Waals surface area contributed by atoms with Crippen LogP contribution in [0.4, 0.5) is 9.18 Å². The van der Waals surface area contributed by atoms with Crippen LogP contribution in [-0.4, -0.2) is 27.0 Å². The highest BCUT2D eigenvalue weighted by Gasteiger charge is 2.54. The lowest BCUT2D eigenvalue weighted by molar-refractivity contribution is -0.130. The summed E-state index contributed by atoms with van der Waals surface area (Å²) in [5.74, 6) is -0.495. The molecule has 7 nitrogen and oxygen atoms in total. The Balaban J connectivity index is 1.48. The van der Waals surface area contributed by atoms with Gasteiger partial charge in [0.15, 0.2) is 5.54 Å². The van der Waals surface area contributed by atoms with Crippen molar-refractivity contribution in [2.45, 2.75) is 12.1 Å². The number of urea groups is 1. The van der Waals surface area contributed by atoms with Gasteiger partial charge in [-0.3, -0.25) is 9.69 Å². The summed E-state index contributed by atoms with van der Waals surface area (Å²) in [7, 11) is 0. The number of imide groups is 1. The topological polar surface area (TPSA) is 88.3 Å². The van der Waals surface area contributed by atoms with E-state index in [0.29, 0.717) is 16.7 Å². The van der Waals surface area contributed by atoms with Crippen molar-refractivity contribution in [3.63, 3.8) is 0 Å². The summed E-state index contributed by atoms with van der Waals surface area (Å²) in [6, 6.07) is 23.2. The fourth-order valence-corrected chi connectivity index (χ4v) is 3.82. The van der Waals surface area contributed by atoms with Crippen LogP contribution in [0.1, 0.15) is 17.0 Å². The van der Waals surface area contributed by atoms with Gasteiger partial charge in [-0.25, -0.2) is 9.18 Å². The molecule has 0 spiro atoms. The maximum atomic E-state index is 13.7. The number of aromatic nitrogens is 2. The molecule has 3 aromatic carbocycles. The molecule has 8 heteroatoms. The van der Waals surface area contributed by atoms with Crippen LogP contribution in [-0.2, 0) is 16.9 Å². The largest absolute Gasteiger partial charge is 0.337 e. The molecular weight excluding hydrogens is 411 g/mol. The van der Waals surface area contributed by atoms with E-state index in [4.69, 9.17) is 4.52 Å². The van der Waals surface area contributed by atoms with Gasteiger partial charge in [-0.2, -0.15) is 4.98 Å². The van der Waals surface area contributed by atoms with Gasteiger partial charge < -0.3 is 9.84 Å². The van der Waals surface area contributed by atoms with E-state index in [9.17, 15) is 14.0 Å². The number of carbonyl (C=O) groups excluding carboxylic acids is 2. The quantitative estimate of drug-likeness (QED) is 0.488. The molecule has 0 radical (unpaired) electrons. The Hall–Kier alpha value is -4.33. The number of nitrogens with one attached hydrogen (secondary N) is 1. The molecule has 3 amide bonds. The minimum absolute atomic E-state index is 0.0877. The molecule has 1 N–H and O–H groups in total. The number of hydrogen-bond acceptors (Lipinski definition) is 5. The van der Waals surface area contributed by atoms with Crippen molar-refractivity contribution < 1.29 is 18.5 Å². The van der Waals surface area contributed by atoms with E-state index in [-0.39, 0.29) is 24.1 Å². The predicted molar refractivity (Wildman–Crippen MR) is 112 cm³/mol. The van der Waals surface area contributed by atoms with Crippen LogP contribution >= 0.6 is 0 Å². The van der Waals surface area contributed by atoms with E-state index in [1.807, 2.05) is 36.4 Å². The lowest BCUT2D eigenvalue weighted by Gasteiger charge is -2.27. The summed E-state index contributed by atoms with van der Waals surface area (Å²) in [6.07, 6.45) is 0. The summed E-state index contributed by atoms with van der Waals surface area (Å²) < 4.78 is 18.4. The Morgan fingerprint density at radius 3 is 2.06 bits per heavy atom. The third kappa shape index (κ3) is 3.22. The Morgan fingerprint density at radius 1 is 0.875 bits per heavy atom. The number of rotatable bonds is 5. The molecule has 0 unspecified atom stereocenters. The van der Waals surface area contributed by atoms with Crippen molar-refractivity contribution in [3.8, 4) is 11.4 Å². The first-order valence-electron chi connectivity index (χ1n) is 9.91. The molecule has 2 heterocycles. The smallest absolute Gasteiger partial charge is 0.326 e. The van der Waals surface area contributed by atoms with E-state index < -0.39 is 17.5 Å². The SMILES string of the molecule is O=C1NC(c2ccccc2)(c2ccccc2)C(=O)N1Cc1nc(-c2ccc(F)cc2)no1. The summed E-state index contributed by atoms with van der Waals surface area (Å²) in [4.78, 5) is 31.9. The molecular formula is C24H17FN4O3. The molecule has 32 heavy (non-hydrogen) atoms. The van der Waals surface area contributed by atoms with Gasteiger partial charge in [0.05, 0.1) is 0 Å². The molecule has 4 aromatic rings. The van der Waals surface area contributed by atoms with Gasteiger partial charge in [-0.15, -0.1) is 0 Å². The van der Waals surface area contributed by atoms with Crippen LogP contribution in [0, 0.1) is 5.82 Å². The Bertz CT molecular complexity index is 1230. The maximum absolute atomic E-state index is 13.7. The number of nitrogens with zero attached hydrogens (tertiary/aromatic N) is 3. The lowest BCUT2D eigenvalue weighted by atomic mass is 9.82. The predicted octanol–water partition coefficient (Wildman–Crippen LogP) is 3.87. The van der Waals surface area contributed by atoms with Crippen molar-refractivity contribution in [1.82, 2.24) is 20.4 Å². The monoisotopic (exact) mass is 428 g/mol. The van der Waals surface area contributed by atoms with Crippen LogP contribution in [0.25, 0.3) is 11.4 Å². The highest BCUT2D eigenvalue weighted by Crippen LogP contribution is 2.36. The molecule has 1 saturated heterocycles. The highest BCUT2D eigenvalue weighted by atomic mass is 19.1. The maximum Gasteiger partial charge on any atom is 0.326 e. The third-order valence-corrected chi connectivity index (χ3v) is 5.38. The molecule has 0 aliphatic carbocycles. The van der Waals surface area contributed by atoms with Crippen molar-refractivity contribution in [2.24, 2.45) is 0 Å². The van der Waals surface area contributed by atoms with Gasteiger partial charge in [0, 0.05) is 5.56 Å². The van der Waals surface area contributed by atoms with Crippen LogP contribution in [0.15, 0.2) is 89.5 Å². The standard InChI is InChI=1S/C24H17FN4O3/c25-19-13-11-16(12-14-19)21-26-20(32-28-21)15-29-22(30)24(27-23(29)31,17-7-3-1-4-8-17)18-9-5-2-6-10-18/h1-14H,15H2,(H,27,31). The van der Waals surface area contributed by atoms with Crippen molar-refractivity contribution in [3.05, 3.63) is 108 Å². The van der Waals surface area contributed by atoms with Crippen LogP contribution in [0.5, 0.6) is 0 Å². The fraction of sp³-hybridized carbons (Fsp3) is 0.0833. The van der Waals surface area contributed by atoms with Gasteiger partial charge in [0.1, 0.15) is 12.4 Å². The van der Waals surface area contributed by atoms with E-state index >= 15 is 0 Å². The van der Waals surface area contributed by atoms with Crippen molar-refractivity contribution >= 4 is 11.9 Å². The van der Waals surface area contributed by atoms with Crippen molar-refractivity contribution in [2.75, 3.05) is 0 Å². The van der Waals surface area contributed by atoms with Gasteiger partial charge >= 0.3 is 6.03 Å². The fourth-order valence-electron chi connectivity index (χ4n) is 3.82. The normalized spacial score (nSPS) is 15.1. The molecule has 5 rings (SSSR count). The number of hydrogen-bond donors (Lipinski definition) is 1. The molecule has 158 valence electrons. The number of benzene rings is 3.